The summed E-state index contributed by atoms with van der Waals surface area (Å²) >= 11 is 0. The van der Waals surface area contributed by atoms with Crippen molar-refractivity contribution in [3.8, 4) is 0 Å². The van der Waals surface area contributed by atoms with Gasteiger partial charge in [-0.05, 0) is 128 Å². The highest BCUT2D eigenvalue weighted by Crippen LogP contribution is 2.15. The van der Waals surface area contributed by atoms with Gasteiger partial charge in [-0.15, -0.1) is 0 Å². The minimum Gasteiger partial charge on any atom is -0.481 e. The molecule has 0 saturated heterocycles. The van der Waals surface area contributed by atoms with Gasteiger partial charge in [-0.25, -0.2) is 0 Å². The van der Waals surface area contributed by atoms with Crippen LogP contribution in [0.25, 0.3) is 0 Å². The molecule has 0 unspecified atom stereocenters. The van der Waals surface area contributed by atoms with Crippen LogP contribution in [0.3, 0.4) is 0 Å². The van der Waals surface area contributed by atoms with Gasteiger partial charge in [0.15, 0.2) is 0 Å². The Bertz CT molecular complexity index is 1300. The van der Waals surface area contributed by atoms with Gasteiger partial charge in [0, 0.05) is 25.7 Å². The number of rotatable bonds is 64. The highest BCUT2D eigenvalue weighted by molar-refractivity contribution is 5.67. The zero-order valence-corrected chi connectivity index (χ0v) is 60.3. The van der Waals surface area contributed by atoms with E-state index < -0.39 is 36.1 Å². The summed E-state index contributed by atoms with van der Waals surface area (Å²) in [5.74, 6) is -2.66. The SMILES string of the molecule is CCCCCCCCC=CCCCCCCCC(=O)O.CCCCCCCCC=CCCCCCCCC(=O)O.CCCCCCCCC=CCCCCCCCC(=O)O.CCCCCCCCC=CCCCCCCCC(=O)O.OCC(O)CO.OCC(O)CO. The maximum Gasteiger partial charge on any atom is 0.303 e. The second kappa shape index (κ2) is 96.3. The third kappa shape index (κ3) is 120. The summed E-state index contributed by atoms with van der Waals surface area (Å²) in [5.41, 5.74) is 0. The highest BCUT2D eigenvalue weighted by Gasteiger charge is 2.01. The summed E-state index contributed by atoms with van der Waals surface area (Å²) in [6.07, 6.45) is 83.1. The van der Waals surface area contributed by atoms with E-state index in [-0.39, 0.29) is 26.4 Å². The number of carbonyl (C=O) groups is 4. The second-order valence-electron chi connectivity index (χ2n) is 25.0. The minimum absolute atomic E-state index is 0.332. The van der Waals surface area contributed by atoms with Crippen molar-refractivity contribution in [1.82, 2.24) is 0 Å². The lowest BCUT2D eigenvalue weighted by atomic mass is 10.1. The lowest BCUT2D eigenvalue weighted by molar-refractivity contribution is -0.138. The molecule has 0 aromatic heterocycles. The van der Waals surface area contributed by atoms with Crippen molar-refractivity contribution in [3.63, 3.8) is 0 Å². The third-order valence-corrected chi connectivity index (χ3v) is 15.5. The molecule has 0 aliphatic heterocycles. The first-order valence-electron chi connectivity index (χ1n) is 38.0. The quantitative estimate of drug-likeness (QED) is 0.0200. The van der Waals surface area contributed by atoms with E-state index in [1.165, 1.54) is 283 Å². The van der Waals surface area contributed by atoms with Crippen LogP contribution in [0.2, 0.25) is 0 Å². The van der Waals surface area contributed by atoms with Crippen LogP contribution in [0.15, 0.2) is 48.6 Å². The van der Waals surface area contributed by atoms with Gasteiger partial charge in [-0.1, -0.05) is 282 Å². The van der Waals surface area contributed by atoms with Crippen molar-refractivity contribution in [1.29, 1.82) is 0 Å². The molecule has 0 atom stereocenters. The number of hydrogen-bond acceptors (Lipinski definition) is 10. The minimum atomic E-state index is -0.954. The van der Waals surface area contributed by atoms with E-state index >= 15 is 0 Å². The van der Waals surface area contributed by atoms with Crippen LogP contribution in [0.5, 0.6) is 0 Å². The van der Waals surface area contributed by atoms with E-state index in [9.17, 15) is 19.2 Å². The number of hydrogen-bond donors (Lipinski definition) is 10. The summed E-state index contributed by atoms with van der Waals surface area (Å²) in [6.45, 7) is 7.58. The lowest BCUT2D eigenvalue weighted by Gasteiger charge is -1.99. The first-order chi connectivity index (χ1) is 44.7. The topological polar surface area (TPSA) is 271 Å². The molecule has 14 heteroatoms. The maximum absolute atomic E-state index is 10.3. The van der Waals surface area contributed by atoms with Crippen LogP contribution in [0.1, 0.15) is 387 Å². The number of allylic oxidation sites excluding steroid dienone is 8. The van der Waals surface area contributed by atoms with Crippen LogP contribution >= 0.6 is 0 Å². The summed E-state index contributed by atoms with van der Waals surface area (Å²) in [6, 6.07) is 0. The number of aliphatic hydroxyl groups excluding tert-OH is 6. The first kappa shape index (κ1) is 99.7. The summed E-state index contributed by atoms with van der Waals surface area (Å²) in [4.78, 5) is 41.3. The number of unbranched alkanes of at least 4 members (excludes halogenated alkanes) is 44. The standard InChI is InChI=1S/4C18H34O2.2C3H8O3/c4*1-2-3-4-5-6-7-8-9-10-11-12-13-14-15-16-17-18(19)20;2*4-1-3(6)2-5/h4*9-10H,2-8,11-17H2,1H3,(H,19,20);2*3-6H,1-2H2. The molecule has 0 aliphatic rings. The first-order valence-corrected chi connectivity index (χ1v) is 38.0. The van der Waals surface area contributed by atoms with Crippen LogP contribution in [0, 0.1) is 0 Å². The largest absolute Gasteiger partial charge is 0.481 e. The van der Waals surface area contributed by atoms with Gasteiger partial charge >= 0.3 is 23.9 Å². The monoisotopic (exact) mass is 1310 g/mol. The fraction of sp³-hybridized carbons (Fsp3) is 0.846. The number of carboxylic acids is 4. The summed E-state index contributed by atoms with van der Waals surface area (Å²) < 4.78 is 0. The van der Waals surface area contributed by atoms with Crippen LogP contribution in [-0.4, -0.2) is 114 Å². The fourth-order valence-corrected chi connectivity index (χ4v) is 9.50. The highest BCUT2D eigenvalue weighted by atomic mass is 16.4. The van der Waals surface area contributed by atoms with E-state index in [4.69, 9.17) is 51.1 Å². The molecule has 548 valence electrons. The molecule has 14 nitrogen and oxygen atoms in total. The zero-order valence-electron chi connectivity index (χ0n) is 60.3. The fourth-order valence-electron chi connectivity index (χ4n) is 9.50. The molecule has 0 aromatic carbocycles. The van der Waals surface area contributed by atoms with Gasteiger partial charge < -0.3 is 51.1 Å². The molecule has 0 bridgehead atoms. The molecule has 0 rings (SSSR count). The van der Waals surface area contributed by atoms with E-state index in [0.717, 1.165) is 51.4 Å². The van der Waals surface area contributed by atoms with Crippen LogP contribution in [-0.2, 0) is 19.2 Å². The predicted octanol–water partition coefficient (Wildman–Crippen LogP) is 21.1. The molecule has 0 fully saturated rings. The Morgan fingerprint density at radius 1 is 0.217 bits per heavy atom. The normalized spacial score (nSPS) is 11.1. The van der Waals surface area contributed by atoms with Crippen molar-refractivity contribution >= 4 is 23.9 Å². The number of aliphatic carboxylic acids is 4. The molecule has 0 aliphatic carbocycles. The molecule has 0 aromatic rings. The van der Waals surface area contributed by atoms with Crippen LogP contribution < -0.4 is 0 Å². The molecule has 10 N–H and O–H groups in total. The van der Waals surface area contributed by atoms with Crippen molar-refractivity contribution in [2.24, 2.45) is 0 Å². The second-order valence-corrected chi connectivity index (χ2v) is 25.0. The Morgan fingerprint density at radius 2 is 0.337 bits per heavy atom. The summed E-state index contributed by atoms with van der Waals surface area (Å²) in [7, 11) is 0. The molecule has 0 spiro atoms. The van der Waals surface area contributed by atoms with Crippen molar-refractivity contribution in [2.75, 3.05) is 26.4 Å². The number of carboxylic acid groups (broad SMARTS) is 4. The van der Waals surface area contributed by atoms with Crippen molar-refractivity contribution < 1.29 is 70.2 Å². The van der Waals surface area contributed by atoms with E-state index in [1.807, 2.05) is 0 Å². The van der Waals surface area contributed by atoms with Gasteiger partial charge in [0.25, 0.3) is 0 Å². The average Bonchev–Trinajstić information content (AvgIpc) is 3.55. The van der Waals surface area contributed by atoms with E-state index in [1.54, 1.807) is 0 Å². The Hall–Kier alpha value is -3.40. The van der Waals surface area contributed by atoms with Gasteiger partial charge in [0.05, 0.1) is 26.4 Å². The lowest BCUT2D eigenvalue weighted by Crippen LogP contribution is -2.15. The zero-order chi connectivity index (χ0) is 69.5. The molecule has 0 saturated carbocycles. The Morgan fingerprint density at radius 3 is 0.446 bits per heavy atom. The van der Waals surface area contributed by atoms with Crippen molar-refractivity contribution in [3.05, 3.63) is 48.6 Å². The third-order valence-electron chi connectivity index (χ3n) is 15.5. The van der Waals surface area contributed by atoms with Gasteiger partial charge in [0.1, 0.15) is 12.2 Å². The average molecular weight is 1310 g/mol. The number of aliphatic hydroxyl groups is 6. The predicted molar refractivity (Wildman–Crippen MR) is 389 cm³/mol. The van der Waals surface area contributed by atoms with Gasteiger partial charge in [-0.2, -0.15) is 0 Å². The summed E-state index contributed by atoms with van der Waals surface area (Å²) in [5, 5.41) is 82.1. The Kier molecular flexibility index (Phi) is 104. The smallest absolute Gasteiger partial charge is 0.303 e. The van der Waals surface area contributed by atoms with Gasteiger partial charge in [0.2, 0.25) is 0 Å². The maximum atomic E-state index is 10.3. The molecule has 0 radical (unpaired) electrons. The Balaban J connectivity index is -0.000000252. The van der Waals surface area contributed by atoms with Gasteiger partial charge in [-0.3, -0.25) is 19.2 Å². The van der Waals surface area contributed by atoms with Crippen LogP contribution in [0.4, 0.5) is 0 Å². The molecular weight excluding hydrogens is 1160 g/mol. The van der Waals surface area contributed by atoms with E-state index in [2.05, 4.69) is 76.3 Å². The molecule has 0 heterocycles. The van der Waals surface area contributed by atoms with E-state index in [0.29, 0.717) is 25.7 Å². The molecule has 92 heavy (non-hydrogen) atoms. The Labute approximate surface area is 566 Å². The van der Waals surface area contributed by atoms with Crippen molar-refractivity contribution in [2.45, 2.75) is 399 Å². The molecule has 0 amide bonds. The molecular formula is C78H152O14.